The topological polar surface area (TPSA) is 78.4 Å². The van der Waals surface area contributed by atoms with Crippen molar-refractivity contribution in [2.75, 3.05) is 6.54 Å². The predicted molar refractivity (Wildman–Crippen MR) is 75.9 cm³/mol. The molecule has 1 aromatic rings. The van der Waals surface area contributed by atoms with E-state index in [0.29, 0.717) is 16.5 Å². The van der Waals surface area contributed by atoms with Gasteiger partial charge in [-0.1, -0.05) is 22.0 Å². The lowest BCUT2D eigenvalue weighted by molar-refractivity contribution is -0.137. The van der Waals surface area contributed by atoms with E-state index in [1.54, 1.807) is 19.1 Å². The second kappa shape index (κ2) is 7.84. The average molecular weight is 347 g/mol. The van der Waals surface area contributed by atoms with Gasteiger partial charge in [-0.05, 0) is 25.5 Å². The molecular formula is C13H16BrFN2O3. The number of nitrogens with one attached hydrogen (secondary N) is 2. The maximum atomic E-state index is 13.7. The minimum atomic E-state index is -0.905. The largest absolute Gasteiger partial charge is 0.481 e. The number of hydrogen-bond acceptors (Lipinski definition) is 2. The summed E-state index contributed by atoms with van der Waals surface area (Å²) in [6, 6.07) is 3.68. The van der Waals surface area contributed by atoms with Gasteiger partial charge in [-0.25, -0.2) is 9.18 Å². The van der Waals surface area contributed by atoms with E-state index in [2.05, 4.69) is 26.6 Å². The van der Waals surface area contributed by atoms with Crippen molar-refractivity contribution in [3.8, 4) is 0 Å². The van der Waals surface area contributed by atoms with Crippen molar-refractivity contribution in [2.45, 2.75) is 25.8 Å². The van der Waals surface area contributed by atoms with E-state index in [1.807, 2.05) is 0 Å². The molecule has 0 bridgehead atoms. The Labute approximate surface area is 124 Å². The zero-order valence-corrected chi connectivity index (χ0v) is 12.5. The third-order valence-corrected chi connectivity index (χ3v) is 3.12. The summed E-state index contributed by atoms with van der Waals surface area (Å²) in [6.45, 7) is 1.93. The number of rotatable bonds is 6. The first kappa shape index (κ1) is 16.4. The predicted octanol–water partition coefficient (Wildman–Crippen LogP) is 2.81. The van der Waals surface area contributed by atoms with Crippen LogP contribution in [0.4, 0.5) is 9.18 Å². The molecule has 1 aromatic carbocycles. The van der Waals surface area contributed by atoms with Gasteiger partial charge in [-0.2, -0.15) is 0 Å². The number of hydrogen-bond donors (Lipinski definition) is 3. The number of halogens is 2. The van der Waals surface area contributed by atoms with Gasteiger partial charge in [-0.15, -0.1) is 0 Å². The number of urea groups is 1. The molecule has 1 rings (SSSR count). The van der Waals surface area contributed by atoms with Gasteiger partial charge in [0.15, 0.2) is 0 Å². The van der Waals surface area contributed by atoms with Gasteiger partial charge in [0, 0.05) is 23.0 Å². The summed E-state index contributed by atoms with van der Waals surface area (Å²) >= 11 is 3.16. The Hall–Kier alpha value is -1.63. The quantitative estimate of drug-likeness (QED) is 0.693. The summed E-state index contributed by atoms with van der Waals surface area (Å²) < 4.78 is 14.3. The Morgan fingerprint density at radius 3 is 2.75 bits per heavy atom. The molecule has 2 amide bonds. The highest BCUT2D eigenvalue weighted by Gasteiger charge is 2.13. The van der Waals surface area contributed by atoms with Crippen LogP contribution < -0.4 is 10.6 Å². The van der Waals surface area contributed by atoms with Crippen LogP contribution in [0.15, 0.2) is 22.7 Å². The maximum Gasteiger partial charge on any atom is 0.315 e. The third-order valence-electron chi connectivity index (χ3n) is 2.63. The molecule has 7 heteroatoms. The Balaban J connectivity index is 2.43. The fraction of sp³-hybridized carbons (Fsp3) is 0.385. The highest BCUT2D eigenvalue weighted by Crippen LogP contribution is 2.20. The molecule has 0 aromatic heterocycles. The van der Waals surface area contributed by atoms with E-state index in [-0.39, 0.29) is 13.0 Å². The van der Waals surface area contributed by atoms with Gasteiger partial charge < -0.3 is 15.7 Å². The maximum absolute atomic E-state index is 13.7. The molecule has 0 fully saturated rings. The van der Waals surface area contributed by atoms with Crippen LogP contribution in [0.2, 0.25) is 0 Å². The smallest absolute Gasteiger partial charge is 0.315 e. The van der Waals surface area contributed by atoms with E-state index in [0.717, 1.165) is 0 Å². The van der Waals surface area contributed by atoms with E-state index in [1.165, 1.54) is 6.07 Å². The fourth-order valence-electron chi connectivity index (χ4n) is 1.62. The molecule has 0 aliphatic carbocycles. The van der Waals surface area contributed by atoms with E-state index in [4.69, 9.17) is 5.11 Å². The van der Waals surface area contributed by atoms with Gasteiger partial charge in [0.25, 0.3) is 0 Å². The molecular weight excluding hydrogens is 331 g/mol. The molecule has 20 heavy (non-hydrogen) atoms. The molecule has 0 aliphatic heterocycles. The van der Waals surface area contributed by atoms with Gasteiger partial charge in [-0.3, -0.25) is 4.79 Å². The Morgan fingerprint density at radius 2 is 2.15 bits per heavy atom. The van der Waals surface area contributed by atoms with Gasteiger partial charge in [0.1, 0.15) is 5.82 Å². The van der Waals surface area contributed by atoms with Crippen molar-refractivity contribution >= 4 is 27.9 Å². The summed E-state index contributed by atoms with van der Waals surface area (Å²) in [4.78, 5) is 21.8. The lowest BCUT2D eigenvalue weighted by Gasteiger charge is -2.15. The van der Waals surface area contributed by atoms with Crippen LogP contribution in [0.3, 0.4) is 0 Å². The molecule has 3 N–H and O–H groups in total. The lowest BCUT2D eigenvalue weighted by atomic mass is 10.1. The first-order chi connectivity index (χ1) is 9.40. The minimum absolute atomic E-state index is 0.00280. The molecule has 1 atom stereocenters. The fourth-order valence-corrected chi connectivity index (χ4v) is 1.95. The highest BCUT2D eigenvalue weighted by molar-refractivity contribution is 9.10. The Kier molecular flexibility index (Phi) is 6.44. The Bertz CT molecular complexity index is 497. The molecule has 0 unspecified atom stereocenters. The van der Waals surface area contributed by atoms with Crippen LogP contribution in [0.25, 0.3) is 0 Å². The van der Waals surface area contributed by atoms with Gasteiger partial charge in [0.05, 0.1) is 6.04 Å². The first-order valence-corrected chi connectivity index (χ1v) is 6.90. The lowest BCUT2D eigenvalue weighted by Crippen LogP contribution is -2.37. The van der Waals surface area contributed by atoms with E-state index in [9.17, 15) is 14.0 Å². The van der Waals surface area contributed by atoms with Crippen molar-refractivity contribution in [1.29, 1.82) is 0 Å². The van der Waals surface area contributed by atoms with E-state index >= 15 is 0 Å². The number of carboxylic acid groups (broad SMARTS) is 1. The second-order valence-electron chi connectivity index (χ2n) is 4.29. The van der Waals surface area contributed by atoms with Crippen molar-refractivity contribution in [1.82, 2.24) is 10.6 Å². The highest BCUT2D eigenvalue weighted by atomic mass is 79.9. The molecule has 0 spiro atoms. The number of carbonyl (C=O) groups is 2. The van der Waals surface area contributed by atoms with Crippen molar-refractivity contribution in [3.63, 3.8) is 0 Å². The normalized spacial score (nSPS) is 11.8. The van der Waals surface area contributed by atoms with Crippen LogP contribution in [0, 0.1) is 5.82 Å². The third kappa shape index (κ3) is 5.56. The van der Waals surface area contributed by atoms with Gasteiger partial charge in [0.2, 0.25) is 0 Å². The van der Waals surface area contributed by atoms with Crippen molar-refractivity contribution < 1.29 is 19.1 Å². The minimum Gasteiger partial charge on any atom is -0.481 e. The molecule has 0 saturated heterocycles. The summed E-state index contributed by atoms with van der Waals surface area (Å²) in [5, 5.41) is 13.6. The molecule has 5 nitrogen and oxygen atoms in total. The molecule has 0 radical (unpaired) electrons. The number of carboxylic acids is 1. The molecule has 110 valence electrons. The molecule has 0 heterocycles. The zero-order chi connectivity index (χ0) is 15.1. The van der Waals surface area contributed by atoms with Crippen molar-refractivity contribution in [3.05, 3.63) is 34.1 Å². The number of benzene rings is 1. The summed E-state index contributed by atoms with van der Waals surface area (Å²) in [5.74, 6) is -1.31. The standard InChI is InChI=1S/C13H16BrFN2O3/c1-8(10-5-4-9(14)7-11(10)15)17-13(20)16-6-2-3-12(18)19/h4-5,7-8H,2-3,6H2,1H3,(H,18,19)(H2,16,17,20)/t8-/m1/s1. The van der Waals surface area contributed by atoms with Crippen LogP contribution in [-0.4, -0.2) is 23.7 Å². The number of aliphatic carboxylic acids is 1. The Morgan fingerprint density at radius 1 is 1.45 bits per heavy atom. The molecule has 0 aliphatic rings. The summed E-state index contributed by atoms with van der Waals surface area (Å²) in [6.07, 6.45) is 0.348. The SMILES string of the molecule is C[C@@H](NC(=O)NCCCC(=O)O)c1ccc(Br)cc1F. The van der Waals surface area contributed by atoms with Gasteiger partial charge >= 0.3 is 12.0 Å². The zero-order valence-electron chi connectivity index (χ0n) is 11.0. The second-order valence-corrected chi connectivity index (χ2v) is 5.20. The summed E-state index contributed by atoms with van der Waals surface area (Å²) in [7, 11) is 0. The van der Waals surface area contributed by atoms with E-state index < -0.39 is 23.9 Å². The van der Waals surface area contributed by atoms with Crippen molar-refractivity contribution in [2.24, 2.45) is 0 Å². The summed E-state index contributed by atoms with van der Waals surface area (Å²) in [5.41, 5.74) is 0.383. The number of amides is 2. The number of carbonyl (C=O) groups excluding carboxylic acids is 1. The van der Waals surface area contributed by atoms with Crippen LogP contribution in [0.1, 0.15) is 31.4 Å². The first-order valence-electron chi connectivity index (χ1n) is 6.11. The van der Waals surface area contributed by atoms with Crippen LogP contribution >= 0.6 is 15.9 Å². The van der Waals surface area contributed by atoms with Crippen LogP contribution in [-0.2, 0) is 4.79 Å². The average Bonchev–Trinajstić information content (AvgIpc) is 2.34. The molecule has 0 saturated carbocycles. The van der Waals surface area contributed by atoms with Crippen LogP contribution in [0.5, 0.6) is 0 Å². The monoisotopic (exact) mass is 346 g/mol.